The van der Waals surface area contributed by atoms with Gasteiger partial charge in [0.05, 0.1) is 11.7 Å². The van der Waals surface area contributed by atoms with E-state index < -0.39 is 17.7 Å². The molecule has 1 aromatic carbocycles. The maximum atomic E-state index is 13.6. The molecule has 2 rings (SSSR count). The van der Waals surface area contributed by atoms with E-state index in [-0.39, 0.29) is 12.1 Å². The Morgan fingerprint density at radius 3 is 2.35 bits per heavy atom. The first-order chi connectivity index (χ1) is 9.50. The lowest BCUT2D eigenvalue weighted by atomic mass is 10.00. The molecule has 1 fully saturated rings. The number of benzene rings is 1. The molecule has 1 heterocycles. The molecule has 2 N–H and O–H groups in total. The van der Waals surface area contributed by atoms with Gasteiger partial charge in [-0.1, -0.05) is 12.5 Å². The summed E-state index contributed by atoms with van der Waals surface area (Å²) in [5.41, 5.74) is 2.86. The van der Waals surface area contributed by atoms with E-state index in [9.17, 15) is 13.9 Å². The molecule has 112 valence electrons. The van der Waals surface area contributed by atoms with E-state index in [1.165, 1.54) is 12.5 Å². The van der Waals surface area contributed by atoms with E-state index in [0.717, 1.165) is 25.0 Å². The van der Waals surface area contributed by atoms with Crippen molar-refractivity contribution < 1.29 is 13.9 Å². The molecular weight excluding hydrogens is 262 g/mol. The van der Waals surface area contributed by atoms with Crippen LogP contribution in [0.3, 0.4) is 0 Å². The normalized spacial score (nSPS) is 25.6. The highest BCUT2D eigenvalue weighted by Gasteiger charge is 2.26. The SMILES string of the molecule is CC1CCCC(C)N1NCC(O)c1c(F)cccc1F. The highest BCUT2D eigenvalue weighted by molar-refractivity contribution is 5.22. The van der Waals surface area contributed by atoms with Crippen LogP contribution in [0.15, 0.2) is 18.2 Å². The summed E-state index contributed by atoms with van der Waals surface area (Å²) < 4.78 is 27.2. The Morgan fingerprint density at radius 1 is 1.25 bits per heavy atom. The van der Waals surface area contributed by atoms with Crippen molar-refractivity contribution in [1.82, 2.24) is 10.4 Å². The summed E-state index contributed by atoms with van der Waals surface area (Å²) in [5.74, 6) is -1.42. The molecule has 0 radical (unpaired) electrons. The molecule has 1 saturated heterocycles. The highest BCUT2D eigenvalue weighted by atomic mass is 19.1. The summed E-state index contributed by atoms with van der Waals surface area (Å²) in [6.07, 6.45) is 2.16. The van der Waals surface area contributed by atoms with Gasteiger partial charge in [-0.2, -0.15) is 0 Å². The van der Waals surface area contributed by atoms with E-state index >= 15 is 0 Å². The maximum Gasteiger partial charge on any atom is 0.131 e. The molecule has 3 unspecified atom stereocenters. The molecule has 1 aliphatic heterocycles. The topological polar surface area (TPSA) is 35.5 Å². The number of hydrazine groups is 1. The number of aliphatic hydroxyl groups excluding tert-OH is 1. The number of piperidine rings is 1. The van der Waals surface area contributed by atoms with Crippen LogP contribution in [0.1, 0.15) is 44.8 Å². The zero-order valence-electron chi connectivity index (χ0n) is 11.9. The van der Waals surface area contributed by atoms with Crippen LogP contribution in [-0.2, 0) is 0 Å². The van der Waals surface area contributed by atoms with Crippen molar-refractivity contribution in [2.75, 3.05) is 6.54 Å². The summed E-state index contributed by atoms with van der Waals surface area (Å²) in [5, 5.41) is 12.1. The van der Waals surface area contributed by atoms with Crippen molar-refractivity contribution in [3.63, 3.8) is 0 Å². The second-order valence-electron chi connectivity index (χ2n) is 5.55. The van der Waals surface area contributed by atoms with Gasteiger partial charge in [0.15, 0.2) is 0 Å². The van der Waals surface area contributed by atoms with Gasteiger partial charge < -0.3 is 5.11 Å². The van der Waals surface area contributed by atoms with Gasteiger partial charge in [-0.15, -0.1) is 0 Å². The average molecular weight is 284 g/mol. The van der Waals surface area contributed by atoms with Crippen LogP contribution in [0.2, 0.25) is 0 Å². The number of hydrogen-bond donors (Lipinski definition) is 2. The van der Waals surface area contributed by atoms with Gasteiger partial charge in [-0.05, 0) is 38.8 Å². The molecule has 0 spiro atoms. The van der Waals surface area contributed by atoms with E-state index in [1.54, 1.807) is 0 Å². The Bertz CT molecular complexity index is 425. The number of hydrogen-bond acceptors (Lipinski definition) is 3. The van der Waals surface area contributed by atoms with Gasteiger partial charge >= 0.3 is 0 Å². The van der Waals surface area contributed by atoms with Gasteiger partial charge in [-0.3, -0.25) is 5.43 Å². The summed E-state index contributed by atoms with van der Waals surface area (Å²) in [6, 6.07) is 4.33. The second kappa shape index (κ2) is 6.61. The lowest BCUT2D eigenvalue weighted by Gasteiger charge is -2.39. The second-order valence-corrected chi connectivity index (χ2v) is 5.55. The maximum absolute atomic E-state index is 13.6. The fourth-order valence-corrected chi connectivity index (χ4v) is 2.86. The first-order valence-electron chi connectivity index (χ1n) is 7.14. The summed E-state index contributed by atoms with van der Waals surface area (Å²) >= 11 is 0. The molecule has 1 aliphatic rings. The summed E-state index contributed by atoms with van der Waals surface area (Å²) in [6.45, 7) is 4.32. The average Bonchev–Trinajstić information content (AvgIpc) is 2.38. The van der Waals surface area contributed by atoms with Gasteiger partial charge in [-0.25, -0.2) is 13.8 Å². The summed E-state index contributed by atoms with van der Waals surface area (Å²) in [4.78, 5) is 0. The van der Waals surface area contributed by atoms with Crippen LogP contribution in [0, 0.1) is 11.6 Å². The minimum absolute atomic E-state index is 0.104. The molecule has 0 aliphatic carbocycles. The molecule has 3 nitrogen and oxygen atoms in total. The van der Waals surface area contributed by atoms with Gasteiger partial charge in [0.1, 0.15) is 11.6 Å². The van der Waals surface area contributed by atoms with Crippen molar-refractivity contribution >= 4 is 0 Å². The van der Waals surface area contributed by atoms with Crippen molar-refractivity contribution in [3.05, 3.63) is 35.4 Å². The Labute approximate surface area is 118 Å². The van der Waals surface area contributed by atoms with Crippen LogP contribution < -0.4 is 5.43 Å². The van der Waals surface area contributed by atoms with E-state index in [4.69, 9.17) is 0 Å². The van der Waals surface area contributed by atoms with Crippen molar-refractivity contribution in [3.8, 4) is 0 Å². The third kappa shape index (κ3) is 3.34. The quantitative estimate of drug-likeness (QED) is 0.892. The Morgan fingerprint density at radius 2 is 1.80 bits per heavy atom. The molecule has 0 bridgehead atoms. The van der Waals surface area contributed by atoms with Crippen LogP contribution in [0.25, 0.3) is 0 Å². The van der Waals surface area contributed by atoms with Crippen molar-refractivity contribution in [2.24, 2.45) is 0 Å². The Kier molecular flexibility index (Phi) is 5.07. The minimum Gasteiger partial charge on any atom is -0.387 e. The zero-order chi connectivity index (χ0) is 14.7. The Hall–Kier alpha value is -1.04. The van der Waals surface area contributed by atoms with Crippen LogP contribution in [-0.4, -0.2) is 28.7 Å². The summed E-state index contributed by atoms with van der Waals surface area (Å²) in [7, 11) is 0. The minimum atomic E-state index is -1.20. The standard InChI is InChI=1S/C15H22F2N2O/c1-10-5-3-6-11(2)19(10)18-9-14(20)15-12(16)7-4-8-13(15)17/h4,7-8,10-11,14,18,20H,3,5-6,9H2,1-2H3. The molecule has 0 amide bonds. The first-order valence-corrected chi connectivity index (χ1v) is 7.14. The molecule has 3 atom stereocenters. The monoisotopic (exact) mass is 284 g/mol. The predicted molar refractivity (Wildman–Crippen MR) is 73.9 cm³/mol. The molecular formula is C15H22F2N2O. The van der Waals surface area contributed by atoms with Crippen molar-refractivity contribution in [2.45, 2.75) is 51.3 Å². The highest BCUT2D eigenvalue weighted by Crippen LogP contribution is 2.23. The first kappa shape index (κ1) is 15.4. The lowest BCUT2D eigenvalue weighted by Crippen LogP contribution is -2.53. The van der Waals surface area contributed by atoms with Gasteiger partial charge in [0, 0.05) is 18.6 Å². The number of halogens is 2. The Balaban J connectivity index is 1.99. The van der Waals surface area contributed by atoms with Crippen molar-refractivity contribution in [1.29, 1.82) is 0 Å². The lowest BCUT2D eigenvalue weighted by molar-refractivity contribution is 0.0251. The fraction of sp³-hybridized carbons (Fsp3) is 0.600. The third-order valence-electron chi connectivity index (χ3n) is 3.99. The van der Waals surface area contributed by atoms with Crippen LogP contribution in [0.5, 0.6) is 0 Å². The zero-order valence-corrected chi connectivity index (χ0v) is 11.9. The number of rotatable bonds is 4. The number of aliphatic hydroxyl groups is 1. The van der Waals surface area contributed by atoms with Crippen LogP contribution in [0.4, 0.5) is 8.78 Å². The third-order valence-corrected chi connectivity index (χ3v) is 3.99. The van der Waals surface area contributed by atoms with E-state index in [2.05, 4.69) is 24.3 Å². The van der Waals surface area contributed by atoms with E-state index in [1.807, 2.05) is 0 Å². The number of nitrogens with one attached hydrogen (secondary N) is 1. The molecule has 1 aromatic rings. The molecule has 0 aromatic heterocycles. The predicted octanol–water partition coefficient (Wildman–Crippen LogP) is 2.77. The van der Waals surface area contributed by atoms with Gasteiger partial charge in [0.25, 0.3) is 0 Å². The van der Waals surface area contributed by atoms with E-state index in [0.29, 0.717) is 12.1 Å². The fourth-order valence-electron chi connectivity index (χ4n) is 2.86. The molecule has 0 saturated carbocycles. The smallest absolute Gasteiger partial charge is 0.131 e. The molecule has 20 heavy (non-hydrogen) atoms. The largest absolute Gasteiger partial charge is 0.387 e. The van der Waals surface area contributed by atoms with Gasteiger partial charge in [0.2, 0.25) is 0 Å². The van der Waals surface area contributed by atoms with Crippen LogP contribution >= 0.6 is 0 Å². The molecule has 5 heteroatoms. The number of nitrogens with zero attached hydrogens (tertiary/aromatic N) is 1.